The lowest BCUT2D eigenvalue weighted by molar-refractivity contribution is 0.112. The molecule has 1 rings (SSSR count). The average Bonchev–Trinajstić information content (AvgIpc) is 2.44. The van der Waals surface area contributed by atoms with Crippen molar-refractivity contribution < 1.29 is 4.39 Å². The van der Waals surface area contributed by atoms with Gasteiger partial charge in [0.2, 0.25) is 0 Å². The fourth-order valence-corrected chi connectivity index (χ4v) is 3.05. The van der Waals surface area contributed by atoms with Crippen LogP contribution in [0.3, 0.4) is 0 Å². The van der Waals surface area contributed by atoms with Gasteiger partial charge in [0.05, 0.1) is 0 Å². The third-order valence-electron chi connectivity index (χ3n) is 4.18. The quantitative estimate of drug-likeness (QED) is 0.775. The van der Waals surface area contributed by atoms with Crippen LogP contribution in [0.5, 0.6) is 0 Å². The van der Waals surface area contributed by atoms with Crippen molar-refractivity contribution in [3.8, 4) is 0 Å². The van der Waals surface area contributed by atoms with E-state index < -0.39 is 0 Å². The zero-order chi connectivity index (χ0) is 16.0. The molecule has 0 amide bonds. The van der Waals surface area contributed by atoms with Crippen LogP contribution in [0.4, 0.5) is 4.39 Å². The number of nitrogens with two attached hydrogens (primary N) is 1. The molecule has 1 aromatic rings. The lowest BCUT2D eigenvalue weighted by atomic mass is 9.97. The van der Waals surface area contributed by atoms with Crippen LogP contribution in [-0.2, 0) is 0 Å². The van der Waals surface area contributed by atoms with Gasteiger partial charge in [0.1, 0.15) is 5.82 Å². The predicted octanol–water partition coefficient (Wildman–Crippen LogP) is 4.28. The maximum Gasteiger partial charge on any atom is 0.126 e. The maximum atomic E-state index is 13.5. The number of halogens is 1. The van der Waals surface area contributed by atoms with Crippen molar-refractivity contribution in [3.63, 3.8) is 0 Å². The molecule has 0 bridgehead atoms. The van der Waals surface area contributed by atoms with E-state index in [1.54, 1.807) is 6.07 Å². The van der Waals surface area contributed by atoms with Crippen LogP contribution in [0.25, 0.3) is 0 Å². The molecule has 0 aromatic heterocycles. The van der Waals surface area contributed by atoms with Crippen molar-refractivity contribution in [1.29, 1.82) is 0 Å². The van der Waals surface area contributed by atoms with E-state index in [0.29, 0.717) is 24.1 Å². The molecule has 1 unspecified atom stereocenters. The summed E-state index contributed by atoms with van der Waals surface area (Å²) in [5, 5.41) is 0. The first-order chi connectivity index (χ1) is 9.94. The van der Waals surface area contributed by atoms with Gasteiger partial charge in [-0.1, -0.05) is 39.8 Å². The minimum Gasteiger partial charge on any atom is -0.329 e. The molecule has 0 radical (unpaired) electrons. The summed E-state index contributed by atoms with van der Waals surface area (Å²) in [4.78, 5) is 2.51. The number of hydrogen-bond donors (Lipinski definition) is 1. The highest BCUT2D eigenvalue weighted by Crippen LogP contribution is 2.27. The molecule has 0 heterocycles. The molecule has 120 valence electrons. The van der Waals surface area contributed by atoms with E-state index in [0.717, 1.165) is 24.9 Å². The molecule has 0 saturated carbocycles. The molecule has 1 atom stereocenters. The van der Waals surface area contributed by atoms with Crippen LogP contribution >= 0.6 is 0 Å². The summed E-state index contributed by atoms with van der Waals surface area (Å²) in [6.45, 7) is 12.3. The Morgan fingerprint density at radius 3 is 2.24 bits per heavy atom. The van der Waals surface area contributed by atoms with Crippen LogP contribution in [-0.4, -0.2) is 24.0 Å². The number of hydrogen-bond acceptors (Lipinski definition) is 2. The van der Waals surface area contributed by atoms with Gasteiger partial charge in [-0.25, -0.2) is 4.39 Å². The topological polar surface area (TPSA) is 29.3 Å². The van der Waals surface area contributed by atoms with E-state index in [1.165, 1.54) is 0 Å². The Bertz CT molecular complexity index is 427. The van der Waals surface area contributed by atoms with Crippen LogP contribution in [0, 0.1) is 18.7 Å². The second-order valence-electron chi connectivity index (χ2n) is 6.32. The van der Waals surface area contributed by atoms with Gasteiger partial charge < -0.3 is 5.73 Å². The summed E-state index contributed by atoms with van der Waals surface area (Å²) < 4.78 is 13.5. The fourth-order valence-electron chi connectivity index (χ4n) is 3.05. The summed E-state index contributed by atoms with van der Waals surface area (Å²) in [5.41, 5.74) is 7.90. The van der Waals surface area contributed by atoms with Crippen molar-refractivity contribution in [3.05, 3.63) is 35.1 Å². The minimum atomic E-state index is -0.146. The maximum absolute atomic E-state index is 13.5. The number of benzene rings is 1. The SMILES string of the molecule is CCC(CC)N(CC(C)C)C(CN)c1ccc(F)c(C)c1. The number of rotatable bonds is 8. The van der Waals surface area contributed by atoms with E-state index >= 15 is 0 Å². The molecular weight excluding hydrogens is 263 g/mol. The van der Waals surface area contributed by atoms with Crippen molar-refractivity contribution in [1.82, 2.24) is 4.90 Å². The minimum absolute atomic E-state index is 0.146. The second kappa shape index (κ2) is 8.50. The Hall–Kier alpha value is -0.930. The normalized spacial score (nSPS) is 13.4. The molecule has 2 N–H and O–H groups in total. The van der Waals surface area contributed by atoms with Gasteiger partial charge >= 0.3 is 0 Å². The molecule has 0 fully saturated rings. The highest BCUT2D eigenvalue weighted by atomic mass is 19.1. The standard InChI is InChI=1S/C18H31FN2/c1-6-16(7-2)21(12-13(3)4)18(11-20)15-8-9-17(19)14(5)10-15/h8-10,13,16,18H,6-7,11-12,20H2,1-5H3. The lowest BCUT2D eigenvalue weighted by Crippen LogP contribution is -2.43. The molecule has 0 saturated heterocycles. The first kappa shape index (κ1) is 18.1. The van der Waals surface area contributed by atoms with Crippen molar-refractivity contribution in [2.75, 3.05) is 13.1 Å². The highest BCUT2D eigenvalue weighted by Gasteiger charge is 2.25. The predicted molar refractivity (Wildman–Crippen MR) is 88.8 cm³/mol. The van der Waals surface area contributed by atoms with Gasteiger partial charge in [-0.2, -0.15) is 0 Å². The van der Waals surface area contributed by atoms with Gasteiger partial charge in [-0.3, -0.25) is 4.90 Å². The van der Waals surface area contributed by atoms with Crippen molar-refractivity contribution in [2.45, 2.75) is 59.5 Å². The molecule has 0 spiro atoms. The summed E-state index contributed by atoms with van der Waals surface area (Å²) in [5.74, 6) is 0.439. The Labute approximate surface area is 129 Å². The van der Waals surface area contributed by atoms with Crippen LogP contribution in [0.1, 0.15) is 57.7 Å². The van der Waals surface area contributed by atoms with Gasteiger partial charge in [-0.05, 0) is 42.9 Å². The van der Waals surface area contributed by atoms with Crippen LogP contribution < -0.4 is 5.73 Å². The van der Waals surface area contributed by atoms with E-state index in [-0.39, 0.29) is 11.9 Å². The zero-order valence-electron chi connectivity index (χ0n) is 14.2. The van der Waals surface area contributed by atoms with E-state index in [2.05, 4.69) is 32.6 Å². The largest absolute Gasteiger partial charge is 0.329 e. The van der Waals surface area contributed by atoms with E-state index in [4.69, 9.17) is 5.73 Å². The molecule has 21 heavy (non-hydrogen) atoms. The summed E-state index contributed by atoms with van der Waals surface area (Å²) in [7, 11) is 0. The molecule has 0 aliphatic heterocycles. The first-order valence-electron chi connectivity index (χ1n) is 8.16. The molecular formula is C18H31FN2. The number of aryl methyl sites for hydroxylation is 1. The summed E-state index contributed by atoms with van der Waals surface area (Å²) >= 11 is 0. The Morgan fingerprint density at radius 1 is 1.19 bits per heavy atom. The summed E-state index contributed by atoms with van der Waals surface area (Å²) in [6.07, 6.45) is 2.22. The molecule has 3 heteroatoms. The molecule has 2 nitrogen and oxygen atoms in total. The highest BCUT2D eigenvalue weighted by molar-refractivity contribution is 5.27. The van der Waals surface area contributed by atoms with Gasteiger partial charge in [0.25, 0.3) is 0 Å². The Morgan fingerprint density at radius 2 is 1.81 bits per heavy atom. The van der Waals surface area contributed by atoms with Gasteiger partial charge in [0, 0.05) is 25.2 Å². The van der Waals surface area contributed by atoms with E-state index in [1.807, 2.05) is 19.1 Å². The third kappa shape index (κ3) is 4.79. The Balaban J connectivity index is 3.12. The molecule has 1 aromatic carbocycles. The fraction of sp³-hybridized carbons (Fsp3) is 0.667. The van der Waals surface area contributed by atoms with Gasteiger partial charge in [0.15, 0.2) is 0 Å². The van der Waals surface area contributed by atoms with Crippen LogP contribution in [0.2, 0.25) is 0 Å². The summed E-state index contributed by atoms with van der Waals surface area (Å²) in [6, 6.07) is 6.08. The van der Waals surface area contributed by atoms with Crippen molar-refractivity contribution in [2.24, 2.45) is 11.7 Å². The monoisotopic (exact) mass is 294 g/mol. The number of nitrogens with zero attached hydrogens (tertiary/aromatic N) is 1. The lowest BCUT2D eigenvalue weighted by Gasteiger charge is -2.38. The molecule has 0 aliphatic carbocycles. The smallest absolute Gasteiger partial charge is 0.126 e. The van der Waals surface area contributed by atoms with Crippen LogP contribution in [0.15, 0.2) is 18.2 Å². The van der Waals surface area contributed by atoms with Gasteiger partial charge in [-0.15, -0.1) is 0 Å². The second-order valence-corrected chi connectivity index (χ2v) is 6.32. The average molecular weight is 294 g/mol. The van der Waals surface area contributed by atoms with E-state index in [9.17, 15) is 4.39 Å². The third-order valence-corrected chi connectivity index (χ3v) is 4.18. The molecule has 0 aliphatic rings. The van der Waals surface area contributed by atoms with Crippen molar-refractivity contribution >= 4 is 0 Å². The zero-order valence-corrected chi connectivity index (χ0v) is 14.2. The first-order valence-corrected chi connectivity index (χ1v) is 8.16. The Kier molecular flexibility index (Phi) is 7.33.